The third-order valence-electron chi connectivity index (χ3n) is 4.34. The molecule has 0 unspecified atom stereocenters. The number of benzene rings is 1. The van der Waals surface area contributed by atoms with Crippen molar-refractivity contribution in [3.8, 4) is 6.07 Å². The average molecular weight is 335 g/mol. The second kappa shape index (κ2) is 5.77. The average Bonchev–Trinajstić information content (AvgIpc) is 3.16. The number of carbonyl (C=O) groups is 2. The summed E-state index contributed by atoms with van der Waals surface area (Å²) in [4.78, 5) is 30.5. The number of pyridine rings is 1. The Morgan fingerprint density at radius 1 is 1.17 bits per heavy atom. The van der Waals surface area contributed by atoms with Crippen LogP contribution in [0.5, 0.6) is 0 Å². The molecule has 2 heterocycles. The molecule has 24 heavy (non-hydrogen) atoms. The largest absolute Gasteiger partial charge is 0.269 e. The number of carbonyl (C=O) groups excluding carboxylic acids is 2. The first-order chi connectivity index (χ1) is 11.7. The molecule has 0 radical (unpaired) electrons. The van der Waals surface area contributed by atoms with Crippen molar-refractivity contribution in [2.24, 2.45) is 0 Å². The summed E-state index contributed by atoms with van der Waals surface area (Å²) in [7, 11) is 0. The van der Waals surface area contributed by atoms with Crippen molar-refractivity contribution in [1.29, 1.82) is 5.26 Å². The summed E-state index contributed by atoms with van der Waals surface area (Å²) < 4.78 is 0. The van der Waals surface area contributed by atoms with E-state index in [4.69, 9.17) is 0 Å². The number of aryl methyl sites for hydroxylation is 2. The minimum atomic E-state index is -0.289. The van der Waals surface area contributed by atoms with Crippen LogP contribution in [0.1, 0.15) is 44.0 Å². The number of imide groups is 1. The van der Waals surface area contributed by atoms with Crippen molar-refractivity contribution in [3.05, 3.63) is 58.3 Å². The maximum Gasteiger partial charge on any atom is 0.262 e. The molecule has 0 spiro atoms. The standard InChI is InChI=1S/C18H13N3O2S/c19-9-12-8-11-4-3-7-15(11)20-16(12)24-10-21-17(22)13-5-1-2-6-14(13)18(21)23/h1-2,5-6,8H,3-4,7,10H2. The fourth-order valence-electron chi connectivity index (χ4n) is 3.13. The van der Waals surface area contributed by atoms with Crippen LogP contribution in [0.2, 0.25) is 0 Å². The topological polar surface area (TPSA) is 74.1 Å². The first-order valence-corrected chi connectivity index (χ1v) is 8.68. The Morgan fingerprint density at radius 2 is 1.88 bits per heavy atom. The number of amides is 2. The van der Waals surface area contributed by atoms with E-state index in [1.165, 1.54) is 16.7 Å². The monoisotopic (exact) mass is 335 g/mol. The summed E-state index contributed by atoms with van der Waals surface area (Å²) in [5, 5.41) is 9.93. The molecule has 6 heteroatoms. The van der Waals surface area contributed by atoms with E-state index in [2.05, 4.69) is 11.1 Å². The molecule has 0 fully saturated rings. The molecule has 4 rings (SSSR count). The number of thioether (sulfide) groups is 1. The Kier molecular flexibility index (Phi) is 3.58. The minimum Gasteiger partial charge on any atom is -0.269 e. The molecule has 0 atom stereocenters. The Balaban J connectivity index is 1.58. The van der Waals surface area contributed by atoms with Crippen LogP contribution in [-0.2, 0) is 12.8 Å². The predicted molar refractivity (Wildman–Crippen MR) is 88.6 cm³/mol. The molecule has 1 aromatic heterocycles. The summed E-state index contributed by atoms with van der Waals surface area (Å²) in [6, 6.07) is 10.9. The third kappa shape index (κ3) is 2.29. The number of fused-ring (bicyclic) bond motifs is 2. The summed E-state index contributed by atoms with van der Waals surface area (Å²) in [6.07, 6.45) is 2.93. The van der Waals surface area contributed by atoms with Crippen LogP contribution in [0.4, 0.5) is 0 Å². The van der Waals surface area contributed by atoms with Gasteiger partial charge in [0, 0.05) is 5.69 Å². The van der Waals surface area contributed by atoms with Crippen molar-refractivity contribution in [3.63, 3.8) is 0 Å². The highest BCUT2D eigenvalue weighted by atomic mass is 32.2. The second-order valence-electron chi connectivity index (χ2n) is 5.77. The summed E-state index contributed by atoms with van der Waals surface area (Å²) in [5.74, 6) is -0.419. The molecule has 2 amide bonds. The van der Waals surface area contributed by atoms with Gasteiger partial charge in [-0.2, -0.15) is 5.26 Å². The zero-order valence-electron chi connectivity index (χ0n) is 12.8. The number of nitriles is 1. The highest BCUT2D eigenvalue weighted by Crippen LogP contribution is 2.30. The van der Waals surface area contributed by atoms with E-state index < -0.39 is 0 Å². The van der Waals surface area contributed by atoms with Crippen LogP contribution in [-0.4, -0.2) is 27.6 Å². The number of hydrogen-bond acceptors (Lipinski definition) is 5. The first kappa shape index (κ1) is 14.9. The van der Waals surface area contributed by atoms with E-state index in [1.54, 1.807) is 24.3 Å². The summed E-state index contributed by atoms with van der Waals surface area (Å²) in [6.45, 7) is 0. The van der Waals surface area contributed by atoms with Crippen LogP contribution < -0.4 is 0 Å². The van der Waals surface area contributed by atoms with E-state index in [0.717, 1.165) is 30.5 Å². The summed E-state index contributed by atoms with van der Waals surface area (Å²) in [5.41, 5.74) is 3.55. The smallest absolute Gasteiger partial charge is 0.262 e. The molecule has 1 aromatic carbocycles. The van der Waals surface area contributed by atoms with Gasteiger partial charge in [-0.1, -0.05) is 23.9 Å². The van der Waals surface area contributed by atoms with Gasteiger partial charge in [-0.05, 0) is 43.0 Å². The third-order valence-corrected chi connectivity index (χ3v) is 5.32. The Morgan fingerprint density at radius 3 is 2.54 bits per heavy atom. The van der Waals surface area contributed by atoms with E-state index in [-0.39, 0.29) is 17.7 Å². The van der Waals surface area contributed by atoms with Gasteiger partial charge in [0.15, 0.2) is 0 Å². The second-order valence-corrected chi connectivity index (χ2v) is 6.70. The van der Waals surface area contributed by atoms with Gasteiger partial charge in [0.05, 0.1) is 22.6 Å². The first-order valence-electron chi connectivity index (χ1n) is 7.70. The molecule has 0 bridgehead atoms. The van der Waals surface area contributed by atoms with Crippen LogP contribution in [0.25, 0.3) is 0 Å². The normalized spacial score (nSPS) is 15.4. The van der Waals surface area contributed by atoms with Crippen molar-refractivity contribution in [2.75, 3.05) is 5.88 Å². The minimum absolute atomic E-state index is 0.160. The van der Waals surface area contributed by atoms with E-state index >= 15 is 0 Å². The van der Waals surface area contributed by atoms with Gasteiger partial charge in [-0.3, -0.25) is 14.5 Å². The Labute approximate surface area is 143 Å². The molecule has 2 aliphatic rings. The van der Waals surface area contributed by atoms with Crippen molar-refractivity contribution >= 4 is 23.6 Å². The molecule has 1 aliphatic carbocycles. The zero-order valence-corrected chi connectivity index (χ0v) is 13.6. The van der Waals surface area contributed by atoms with Crippen LogP contribution >= 0.6 is 11.8 Å². The molecule has 0 N–H and O–H groups in total. The fraction of sp³-hybridized carbons (Fsp3) is 0.222. The van der Waals surface area contributed by atoms with Crippen LogP contribution in [0.3, 0.4) is 0 Å². The Bertz CT molecular complexity index is 882. The van der Waals surface area contributed by atoms with Gasteiger partial charge in [0.25, 0.3) is 11.8 Å². The van der Waals surface area contributed by atoms with Gasteiger partial charge >= 0.3 is 0 Å². The molecule has 1 aliphatic heterocycles. The maximum absolute atomic E-state index is 12.4. The molecule has 118 valence electrons. The quantitative estimate of drug-likeness (QED) is 0.637. The highest BCUT2D eigenvalue weighted by Gasteiger charge is 2.35. The summed E-state index contributed by atoms with van der Waals surface area (Å²) >= 11 is 1.26. The molecular formula is C18H13N3O2S. The molecular weight excluding hydrogens is 322 g/mol. The van der Waals surface area contributed by atoms with Gasteiger partial charge in [0.1, 0.15) is 11.1 Å². The SMILES string of the molecule is N#Cc1cc2c(nc1SCN1C(=O)c3ccccc3C1=O)CCC2. The lowest BCUT2D eigenvalue weighted by molar-refractivity contribution is 0.0684. The van der Waals surface area contributed by atoms with Crippen LogP contribution in [0.15, 0.2) is 35.4 Å². The van der Waals surface area contributed by atoms with E-state index in [1.807, 2.05) is 6.07 Å². The fourth-order valence-corrected chi connectivity index (χ4v) is 4.05. The Hall–Kier alpha value is -2.65. The number of aromatic nitrogens is 1. The lowest BCUT2D eigenvalue weighted by atomic mass is 10.1. The van der Waals surface area contributed by atoms with Gasteiger partial charge < -0.3 is 0 Å². The molecule has 5 nitrogen and oxygen atoms in total. The lowest BCUT2D eigenvalue weighted by Crippen LogP contribution is -2.29. The maximum atomic E-state index is 12.4. The van der Waals surface area contributed by atoms with Crippen LogP contribution in [0, 0.1) is 11.3 Å². The number of rotatable bonds is 3. The van der Waals surface area contributed by atoms with Crippen molar-refractivity contribution in [2.45, 2.75) is 24.3 Å². The highest BCUT2D eigenvalue weighted by molar-refractivity contribution is 7.99. The molecule has 2 aromatic rings. The zero-order chi connectivity index (χ0) is 16.7. The predicted octanol–water partition coefficient (Wildman–Crippen LogP) is 2.79. The number of hydrogen-bond donors (Lipinski definition) is 0. The molecule has 0 saturated carbocycles. The van der Waals surface area contributed by atoms with E-state index in [0.29, 0.717) is 21.7 Å². The van der Waals surface area contributed by atoms with Gasteiger partial charge in [-0.25, -0.2) is 4.98 Å². The van der Waals surface area contributed by atoms with Gasteiger partial charge in [0.2, 0.25) is 0 Å². The molecule has 0 saturated heterocycles. The van der Waals surface area contributed by atoms with Gasteiger partial charge in [-0.15, -0.1) is 0 Å². The van der Waals surface area contributed by atoms with Crippen molar-refractivity contribution in [1.82, 2.24) is 9.88 Å². The van der Waals surface area contributed by atoms with Crippen molar-refractivity contribution < 1.29 is 9.59 Å². The lowest BCUT2D eigenvalue weighted by Gasteiger charge is -2.14. The van der Waals surface area contributed by atoms with E-state index in [9.17, 15) is 14.9 Å². The number of nitrogens with zero attached hydrogens (tertiary/aromatic N) is 3.